The minimum absolute atomic E-state index is 0.155. The predicted molar refractivity (Wildman–Crippen MR) is 118 cm³/mol. The van der Waals surface area contributed by atoms with Crippen molar-refractivity contribution < 1.29 is 50.5 Å². The average molecular weight is 560 g/mol. The van der Waals surface area contributed by atoms with Gasteiger partial charge in [0.1, 0.15) is 5.82 Å². The molecule has 0 saturated carbocycles. The number of rotatable bonds is 4. The Labute approximate surface area is 211 Å². The molecule has 3 heterocycles. The molecule has 206 valence electrons. The van der Waals surface area contributed by atoms with Crippen LogP contribution in [0.1, 0.15) is 22.7 Å². The Balaban J connectivity index is 0.000000286. The van der Waals surface area contributed by atoms with E-state index in [2.05, 4.69) is 27.1 Å². The van der Waals surface area contributed by atoms with Gasteiger partial charge in [-0.1, -0.05) is 12.1 Å². The first kappa shape index (κ1) is 30.4. The van der Waals surface area contributed by atoms with Gasteiger partial charge in [0.05, 0.1) is 10.7 Å². The topological polar surface area (TPSA) is 94.0 Å². The zero-order chi connectivity index (χ0) is 28.0. The number of carboxylic acids is 2. The maximum atomic E-state index is 13.0. The normalized spacial score (nSPS) is 17.3. The molecule has 0 aliphatic carbocycles. The number of aryl methyl sites for hydroxylation is 1. The lowest BCUT2D eigenvalue weighted by molar-refractivity contribution is -0.193. The molecular formula is C22H24F7N3O4S. The molecule has 2 N–H and O–H groups in total. The number of alkyl halides is 6. The number of thiazole rings is 1. The van der Waals surface area contributed by atoms with Crippen LogP contribution in [0.25, 0.3) is 0 Å². The van der Waals surface area contributed by atoms with Crippen molar-refractivity contribution in [1.82, 2.24) is 14.8 Å². The number of hydrogen-bond donors (Lipinski definition) is 2. The number of halogens is 7. The molecule has 0 unspecified atom stereocenters. The molecule has 4 rings (SSSR count). The summed E-state index contributed by atoms with van der Waals surface area (Å²) in [5.74, 6) is -5.67. The Morgan fingerprint density at radius 2 is 1.43 bits per heavy atom. The van der Waals surface area contributed by atoms with E-state index in [1.807, 2.05) is 12.1 Å². The molecule has 7 nitrogen and oxygen atoms in total. The first-order valence-corrected chi connectivity index (χ1v) is 11.6. The lowest BCUT2D eigenvalue weighted by Gasteiger charge is -2.48. The van der Waals surface area contributed by atoms with Crippen molar-refractivity contribution in [2.45, 2.75) is 38.8 Å². The molecule has 0 atom stereocenters. The van der Waals surface area contributed by atoms with Gasteiger partial charge in [-0.15, -0.1) is 11.3 Å². The van der Waals surface area contributed by atoms with E-state index in [1.165, 1.54) is 30.8 Å². The third-order valence-electron chi connectivity index (χ3n) is 5.49. The monoisotopic (exact) mass is 559 g/mol. The average Bonchev–Trinajstić information content (AvgIpc) is 3.35. The third-order valence-corrected chi connectivity index (χ3v) is 6.31. The lowest BCUT2D eigenvalue weighted by atomic mass is 9.79. The molecule has 0 radical (unpaired) electrons. The lowest BCUT2D eigenvalue weighted by Crippen LogP contribution is -2.56. The van der Waals surface area contributed by atoms with Crippen LogP contribution in [0, 0.1) is 18.2 Å². The molecule has 1 aromatic carbocycles. The zero-order valence-electron chi connectivity index (χ0n) is 19.4. The molecule has 2 fully saturated rings. The van der Waals surface area contributed by atoms with Gasteiger partial charge in [0.15, 0.2) is 0 Å². The van der Waals surface area contributed by atoms with Crippen LogP contribution in [0.4, 0.5) is 30.7 Å². The minimum Gasteiger partial charge on any atom is -0.475 e. The van der Waals surface area contributed by atoms with Crippen LogP contribution >= 0.6 is 11.3 Å². The molecule has 1 aromatic heterocycles. The Bertz CT molecular complexity index is 1030. The van der Waals surface area contributed by atoms with Crippen molar-refractivity contribution in [3.8, 4) is 0 Å². The fourth-order valence-electron chi connectivity index (χ4n) is 3.99. The van der Waals surface area contributed by atoms with Crippen LogP contribution < -0.4 is 0 Å². The van der Waals surface area contributed by atoms with Crippen molar-refractivity contribution in [1.29, 1.82) is 0 Å². The van der Waals surface area contributed by atoms with Gasteiger partial charge in [0.25, 0.3) is 0 Å². The maximum absolute atomic E-state index is 13.0. The van der Waals surface area contributed by atoms with Gasteiger partial charge in [-0.3, -0.25) is 9.80 Å². The van der Waals surface area contributed by atoms with Crippen molar-refractivity contribution in [2.75, 3.05) is 26.2 Å². The number of carbonyl (C=O) groups is 2. The molecule has 2 aromatic rings. The van der Waals surface area contributed by atoms with E-state index in [-0.39, 0.29) is 5.82 Å². The van der Waals surface area contributed by atoms with Crippen LogP contribution in [0.5, 0.6) is 0 Å². The van der Waals surface area contributed by atoms with Gasteiger partial charge in [-0.2, -0.15) is 26.3 Å². The highest BCUT2D eigenvalue weighted by Gasteiger charge is 2.47. The molecule has 0 amide bonds. The molecule has 37 heavy (non-hydrogen) atoms. The van der Waals surface area contributed by atoms with Crippen LogP contribution in [-0.4, -0.2) is 75.5 Å². The summed E-state index contributed by atoms with van der Waals surface area (Å²) in [7, 11) is 0. The SMILES string of the molecule is Cc1nc(CN2CCC3(C2)CN(Cc2ccc(F)cc2)C3)cs1.O=C(O)C(F)(F)F.O=C(O)C(F)(F)F. The number of aliphatic carboxylic acids is 2. The first-order chi connectivity index (χ1) is 17.0. The van der Waals surface area contributed by atoms with Crippen LogP contribution in [0.2, 0.25) is 0 Å². The smallest absolute Gasteiger partial charge is 0.475 e. The minimum atomic E-state index is -5.08. The maximum Gasteiger partial charge on any atom is 0.490 e. The number of aromatic nitrogens is 1. The van der Waals surface area contributed by atoms with Gasteiger partial charge in [-0.25, -0.2) is 19.0 Å². The summed E-state index contributed by atoms with van der Waals surface area (Å²) in [4.78, 5) is 27.4. The molecule has 2 aliphatic heterocycles. The van der Waals surface area contributed by atoms with E-state index in [0.717, 1.165) is 31.2 Å². The van der Waals surface area contributed by atoms with Crippen molar-refractivity contribution in [3.05, 3.63) is 51.7 Å². The first-order valence-electron chi connectivity index (χ1n) is 10.7. The molecule has 1 spiro atoms. The second-order valence-electron chi connectivity index (χ2n) is 8.70. The van der Waals surface area contributed by atoms with Crippen molar-refractivity contribution in [2.24, 2.45) is 5.41 Å². The highest BCUT2D eigenvalue weighted by molar-refractivity contribution is 7.09. The van der Waals surface area contributed by atoms with E-state index < -0.39 is 24.3 Å². The zero-order valence-corrected chi connectivity index (χ0v) is 20.3. The fourth-order valence-corrected chi connectivity index (χ4v) is 4.60. The molecule has 2 aliphatic rings. The van der Waals surface area contributed by atoms with E-state index in [0.29, 0.717) is 5.41 Å². The number of hydrogen-bond acceptors (Lipinski definition) is 6. The number of nitrogens with zero attached hydrogens (tertiary/aromatic N) is 3. The van der Waals surface area contributed by atoms with Crippen molar-refractivity contribution >= 4 is 23.3 Å². The summed E-state index contributed by atoms with van der Waals surface area (Å²) in [5.41, 5.74) is 2.89. The van der Waals surface area contributed by atoms with Crippen LogP contribution in [0.15, 0.2) is 29.6 Å². The van der Waals surface area contributed by atoms with Gasteiger partial charge < -0.3 is 10.2 Å². The van der Waals surface area contributed by atoms with E-state index in [9.17, 15) is 30.7 Å². The van der Waals surface area contributed by atoms with Crippen LogP contribution in [-0.2, 0) is 22.7 Å². The van der Waals surface area contributed by atoms with E-state index >= 15 is 0 Å². The van der Waals surface area contributed by atoms with E-state index in [1.54, 1.807) is 23.5 Å². The van der Waals surface area contributed by atoms with Gasteiger partial charge in [0.2, 0.25) is 0 Å². The van der Waals surface area contributed by atoms with Gasteiger partial charge in [0, 0.05) is 43.5 Å². The summed E-state index contributed by atoms with van der Waals surface area (Å²) in [6, 6.07) is 6.90. The Morgan fingerprint density at radius 1 is 0.946 bits per heavy atom. The highest BCUT2D eigenvalue weighted by Crippen LogP contribution is 2.40. The highest BCUT2D eigenvalue weighted by atomic mass is 32.1. The Hall–Kier alpha value is -2.78. The second kappa shape index (κ2) is 12.2. The third kappa shape index (κ3) is 9.89. The summed E-state index contributed by atoms with van der Waals surface area (Å²) in [5, 5.41) is 17.6. The molecular weight excluding hydrogens is 535 g/mol. The summed E-state index contributed by atoms with van der Waals surface area (Å²) in [6.07, 6.45) is -8.88. The quantitative estimate of drug-likeness (QED) is 0.531. The molecule has 15 heteroatoms. The van der Waals surface area contributed by atoms with Crippen molar-refractivity contribution in [3.63, 3.8) is 0 Å². The summed E-state index contributed by atoms with van der Waals surface area (Å²) >= 11 is 1.74. The van der Waals surface area contributed by atoms with Gasteiger partial charge in [-0.05, 0) is 37.6 Å². The second-order valence-corrected chi connectivity index (χ2v) is 9.76. The summed E-state index contributed by atoms with van der Waals surface area (Å²) < 4.78 is 76.4. The number of carboxylic acid groups (broad SMARTS) is 2. The predicted octanol–water partition coefficient (Wildman–Crippen LogP) is 4.57. The number of likely N-dealkylation sites (tertiary alicyclic amines) is 2. The number of benzene rings is 1. The van der Waals surface area contributed by atoms with E-state index in [4.69, 9.17) is 19.8 Å². The van der Waals surface area contributed by atoms with Crippen LogP contribution in [0.3, 0.4) is 0 Å². The standard InChI is InChI=1S/C18H22FN3S.2C2HF3O2/c1-14-20-17(10-23-14)9-21-7-6-18(11-21)12-22(13-18)8-15-2-4-16(19)5-3-15;2*3-2(4,5)1(6)7/h2-5,10H,6-9,11-13H2,1H3;2*(H,6,7). The Kier molecular flexibility index (Phi) is 10.0. The molecule has 2 saturated heterocycles. The summed E-state index contributed by atoms with van der Waals surface area (Å²) in [6.45, 7) is 8.69. The largest absolute Gasteiger partial charge is 0.490 e. The Morgan fingerprint density at radius 3 is 1.86 bits per heavy atom. The van der Waals surface area contributed by atoms with Gasteiger partial charge >= 0.3 is 24.3 Å². The fraction of sp³-hybridized carbons (Fsp3) is 0.500. The molecule has 0 bridgehead atoms.